The summed E-state index contributed by atoms with van der Waals surface area (Å²) in [6.45, 7) is 8.62. The molecular weight excluding hydrogens is 196 g/mol. The van der Waals surface area contributed by atoms with Gasteiger partial charge in [0.2, 0.25) is 0 Å². The van der Waals surface area contributed by atoms with Crippen molar-refractivity contribution in [2.45, 2.75) is 34.1 Å². The molecule has 0 radical (unpaired) electrons. The summed E-state index contributed by atoms with van der Waals surface area (Å²) in [6.07, 6.45) is 1.03. The van der Waals surface area contributed by atoms with Crippen molar-refractivity contribution in [3.8, 4) is 0 Å². The van der Waals surface area contributed by atoms with E-state index in [4.69, 9.17) is 0 Å². The number of ketones is 1. The van der Waals surface area contributed by atoms with Gasteiger partial charge < -0.3 is 0 Å². The first-order valence-corrected chi connectivity index (χ1v) is 6.07. The van der Waals surface area contributed by atoms with Crippen LogP contribution in [0.5, 0.6) is 0 Å². The average molecular weight is 216 g/mol. The second-order valence-electron chi connectivity index (χ2n) is 5.76. The SMILES string of the molecule is CC(C)C1Cc2ccccc2C(=O)C1(C)C. The van der Waals surface area contributed by atoms with Gasteiger partial charge in [0, 0.05) is 11.0 Å². The van der Waals surface area contributed by atoms with Gasteiger partial charge >= 0.3 is 0 Å². The third-order valence-electron chi connectivity index (χ3n) is 4.02. The van der Waals surface area contributed by atoms with Gasteiger partial charge in [-0.3, -0.25) is 4.79 Å². The Kier molecular flexibility index (Phi) is 2.65. The zero-order chi connectivity index (χ0) is 11.9. The number of hydrogen-bond acceptors (Lipinski definition) is 1. The summed E-state index contributed by atoms with van der Waals surface area (Å²) in [4.78, 5) is 12.5. The Morgan fingerprint density at radius 3 is 2.50 bits per heavy atom. The number of rotatable bonds is 1. The van der Waals surface area contributed by atoms with Crippen LogP contribution in [0, 0.1) is 17.3 Å². The van der Waals surface area contributed by atoms with Crippen LogP contribution in [0.15, 0.2) is 24.3 Å². The van der Waals surface area contributed by atoms with Gasteiger partial charge in [-0.15, -0.1) is 0 Å². The van der Waals surface area contributed by atoms with Gasteiger partial charge in [0.25, 0.3) is 0 Å². The Hall–Kier alpha value is -1.11. The Labute approximate surface area is 97.9 Å². The monoisotopic (exact) mass is 216 g/mol. The predicted octanol–water partition coefficient (Wildman–Crippen LogP) is 3.72. The third-order valence-corrected chi connectivity index (χ3v) is 4.02. The molecule has 1 aromatic rings. The van der Waals surface area contributed by atoms with Crippen LogP contribution < -0.4 is 0 Å². The minimum atomic E-state index is -0.220. The predicted molar refractivity (Wildman–Crippen MR) is 66.6 cm³/mol. The highest BCUT2D eigenvalue weighted by atomic mass is 16.1. The molecule has 1 aromatic carbocycles. The summed E-state index contributed by atoms with van der Waals surface area (Å²) in [5.74, 6) is 1.32. The molecule has 0 saturated carbocycles. The number of fused-ring (bicyclic) bond motifs is 1. The highest BCUT2D eigenvalue weighted by Gasteiger charge is 2.43. The second-order valence-corrected chi connectivity index (χ2v) is 5.76. The molecule has 0 aromatic heterocycles. The van der Waals surface area contributed by atoms with E-state index in [9.17, 15) is 4.79 Å². The highest BCUT2D eigenvalue weighted by molar-refractivity contribution is 6.02. The molecule has 16 heavy (non-hydrogen) atoms. The minimum Gasteiger partial charge on any atom is -0.294 e. The van der Waals surface area contributed by atoms with Gasteiger partial charge in [-0.05, 0) is 23.8 Å². The summed E-state index contributed by atoms with van der Waals surface area (Å²) in [7, 11) is 0. The van der Waals surface area contributed by atoms with Crippen molar-refractivity contribution in [3.63, 3.8) is 0 Å². The molecule has 0 aliphatic heterocycles. The van der Waals surface area contributed by atoms with E-state index in [2.05, 4.69) is 33.8 Å². The van der Waals surface area contributed by atoms with Crippen LogP contribution in [0.1, 0.15) is 43.6 Å². The van der Waals surface area contributed by atoms with Crippen LogP contribution >= 0.6 is 0 Å². The van der Waals surface area contributed by atoms with Gasteiger partial charge in [0.15, 0.2) is 5.78 Å². The summed E-state index contributed by atoms with van der Waals surface area (Å²) in [5, 5.41) is 0. The Balaban J connectivity index is 2.51. The molecule has 1 unspecified atom stereocenters. The first kappa shape index (κ1) is 11.4. The van der Waals surface area contributed by atoms with Crippen molar-refractivity contribution < 1.29 is 4.79 Å². The maximum Gasteiger partial charge on any atom is 0.169 e. The van der Waals surface area contributed by atoms with E-state index in [1.165, 1.54) is 5.56 Å². The molecule has 1 nitrogen and oxygen atoms in total. The highest BCUT2D eigenvalue weighted by Crippen LogP contribution is 2.42. The molecule has 1 atom stereocenters. The van der Waals surface area contributed by atoms with E-state index in [-0.39, 0.29) is 5.41 Å². The van der Waals surface area contributed by atoms with Crippen molar-refractivity contribution >= 4 is 5.78 Å². The first-order chi connectivity index (χ1) is 7.44. The lowest BCUT2D eigenvalue weighted by Crippen LogP contribution is -2.41. The normalized spacial score (nSPS) is 23.3. The van der Waals surface area contributed by atoms with Gasteiger partial charge in [0.1, 0.15) is 0 Å². The zero-order valence-electron chi connectivity index (χ0n) is 10.6. The molecule has 1 heteroatoms. The second kappa shape index (κ2) is 3.73. The van der Waals surface area contributed by atoms with E-state index in [1.54, 1.807) is 0 Å². The average Bonchev–Trinajstić information content (AvgIpc) is 2.23. The summed E-state index contributed by atoms with van der Waals surface area (Å²) < 4.78 is 0. The van der Waals surface area contributed by atoms with Crippen LogP contribution in [-0.2, 0) is 6.42 Å². The summed E-state index contributed by atoms with van der Waals surface area (Å²) in [5.41, 5.74) is 1.94. The fourth-order valence-corrected chi connectivity index (χ4v) is 3.00. The fourth-order valence-electron chi connectivity index (χ4n) is 3.00. The fraction of sp³-hybridized carbons (Fsp3) is 0.533. The van der Waals surface area contributed by atoms with E-state index in [0.29, 0.717) is 17.6 Å². The molecule has 0 fully saturated rings. The molecular formula is C15H20O. The number of carbonyl (C=O) groups excluding carboxylic acids is 1. The molecule has 2 rings (SSSR count). The van der Waals surface area contributed by atoms with E-state index >= 15 is 0 Å². The van der Waals surface area contributed by atoms with Crippen molar-refractivity contribution in [2.24, 2.45) is 17.3 Å². The standard InChI is InChI=1S/C15H20O/c1-10(2)13-9-11-7-5-6-8-12(11)14(16)15(13,3)4/h5-8,10,13H,9H2,1-4H3. The molecule has 1 aliphatic rings. The van der Waals surface area contributed by atoms with Crippen LogP contribution in [0.2, 0.25) is 0 Å². The van der Waals surface area contributed by atoms with E-state index < -0.39 is 0 Å². The molecule has 0 spiro atoms. The zero-order valence-corrected chi connectivity index (χ0v) is 10.6. The number of carbonyl (C=O) groups is 1. The van der Waals surface area contributed by atoms with Crippen molar-refractivity contribution in [1.82, 2.24) is 0 Å². The van der Waals surface area contributed by atoms with E-state index in [1.807, 2.05) is 18.2 Å². The number of Topliss-reactive ketones (excluding diaryl/α,β-unsaturated/α-hetero) is 1. The maximum atomic E-state index is 12.5. The molecule has 0 bridgehead atoms. The van der Waals surface area contributed by atoms with E-state index in [0.717, 1.165) is 12.0 Å². The quantitative estimate of drug-likeness (QED) is 0.699. The lowest BCUT2D eigenvalue weighted by Gasteiger charge is -2.40. The van der Waals surface area contributed by atoms with Crippen LogP contribution in [0.4, 0.5) is 0 Å². The van der Waals surface area contributed by atoms with Crippen LogP contribution in [-0.4, -0.2) is 5.78 Å². The molecule has 1 aliphatic carbocycles. The maximum absolute atomic E-state index is 12.5. The van der Waals surface area contributed by atoms with Crippen molar-refractivity contribution in [2.75, 3.05) is 0 Å². The van der Waals surface area contributed by atoms with Crippen LogP contribution in [0.25, 0.3) is 0 Å². The Bertz CT molecular complexity index is 415. The molecule has 0 amide bonds. The molecule has 0 saturated heterocycles. The third kappa shape index (κ3) is 1.59. The topological polar surface area (TPSA) is 17.1 Å². The van der Waals surface area contributed by atoms with Gasteiger partial charge in [-0.2, -0.15) is 0 Å². The number of hydrogen-bond donors (Lipinski definition) is 0. The Morgan fingerprint density at radius 1 is 1.25 bits per heavy atom. The van der Waals surface area contributed by atoms with Gasteiger partial charge in [0.05, 0.1) is 0 Å². The minimum absolute atomic E-state index is 0.220. The largest absolute Gasteiger partial charge is 0.294 e. The Morgan fingerprint density at radius 2 is 1.88 bits per heavy atom. The van der Waals surface area contributed by atoms with Gasteiger partial charge in [-0.25, -0.2) is 0 Å². The van der Waals surface area contributed by atoms with Crippen molar-refractivity contribution in [1.29, 1.82) is 0 Å². The lowest BCUT2D eigenvalue weighted by molar-refractivity contribution is 0.0645. The smallest absolute Gasteiger partial charge is 0.169 e. The van der Waals surface area contributed by atoms with Gasteiger partial charge in [-0.1, -0.05) is 52.0 Å². The summed E-state index contributed by atoms with van der Waals surface area (Å²) >= 11 is 0. The lowest BCUT2D eigenvalue weighted by atomic mass is 9.62. The van der Waals surface area contributed by atoms with Crippen molar-refractivity contribution in [3.05, 3.63) is 35.4 Å². The summed E-state index contributed by atoms with van der Waals surface area (Å²) in [6, 6.07) is 8.05. The molecule has 86 valence electrons. The molecule has 0 N–H and O–H groups in total. The number of benzene rings is 1. The first-order valence-electron chi connectivity index (χ1n) is 6.07. The van der Waals surface area contributed by atoms with Crippen LogP contribution in [0.3, 0.4) is 0 Å². The molecule has 0 heterocycles.